The predicted octanol–water partition coefficient (Wildman–Crippen LogP) is 1.88. The first kappa shape index (κ1) is 15.0. The number of pyridine rings is 1. The van der Waals surface area contributed by atoms with E-state index in [1.165, 1.54) is 0 Å². The summed E-state index contributed by atoms with van der Waals surface area (Å²) in [5.74, 6) is -0.0989. The largest absolute Gasteiger partial charge is 0.376 e. The third-order valence-electron chi connectivity index (χ3n) is 4.32. The second-order valence-electron chi connectivity index (χ2n) is 6.02. The smallest absolute Gasteiger partial charge is 0.253 e. The topological polar surface area (TPSA) is 69.0 Å². The summed E-state index contributed by atoms with van der Waals surface area (Å²) in [6.07, 6.45) is 2.17. The molecule has 1 saturated heterocycles. The van der Waals surface area contributed by atoms with E-state index in [1.807, 2.05) is 33.9 Å². The lowest BCUT2D eigenvalue weighted by Gasteiger charge is -2.20. The molecule has 0 bridgehead atoms. The van der Waals surface area contributed by atoms with Crippen LogP contribution in [0, 0.1) is 13.8 Å². The highest BCUT2D eigenvalue weighted by Crippen LogP contribution is 2.20. The van der Waals surface area contributed by atoms with E-state index >= 15 is 0 Å². The average molecular weight is 302 g/mol. The Balaban J connectivity index is 1.87. The van der Waals surface area contributed by atoms with Gasteiger partial charge in [-0.2, -0.15) is 5.10 Å². The first-order valence-corrected chi connectivity index (χ1v) is 7.71. The number of aryl methyl sites for hydroxylation is 3. The van der Waals surface area contributed by atoms with Crippen molar-refractivity contribution in [2.24, 2.45) is 7.05 Å². The van der Waals surface area contributed by atoms with Crippen LogP contribution in [0.25, 0.3) is 11.0 Å². The molecule has 1 aliphatic rings. The first-order chi connectivity index (χ1) is 10.5. The number of rotatable bonds is 3. The Hall–Kier alpha value is -1.95. The Kier molecular flexibility index (Phi) is 3.87. The molecule has 118 valence electrons. The molecule has 1 amide bonds. The maximum absolute atomic E-state index is 12.6. The minimum absolute atomic E-state index is 0.0000854. The van der Waals surface area contributed by atoms with Crippen LogP contribution in [0.1, 0.15) is 41.5 Å². The molecule has 3 heterocycles. The van der Waals surface area contributed by atoms with Crippen molar-refractivity contribution >= 4 is 16.9 Å². The molecule has 6 nitrogen and oxygen atoms in total. The second-order valence-corrected chi connectivity index (χ2v) is 6.02. The van der Waals surface area contributed by atoms with Crippen LogP contribution >= 0.6 is 0 Å². The van der Waals surface area contributed by atoms with Crippen LogP contribution < -0.4 is 5.32 Å². The molecule has 1 fully saturated rings. The van der Waals surface area contributed by atoms with Crippen molar-refractivity contribution in [2.75, 3.05) is 6.61 Å². The molecule has 0 radical (unpaired) electrons. The van der Waals surface area contributed by atoms with Crippen molar-refractivity contribution in [3.63, 3.8) is 0 Å². The quantitative estimate of drug-likeness (QED) is 0.940. The molecule has 1 aliphatic heterocycles. The molecule has 0 spiro atoms. The molecule has 0 unspecified atom stereocenters. The zero-order valence-electron chi connectivity index (χ0n) is 13.5. The van der Waals surface area contributed by atoms with Crippen LogP contribution in [0.5, 0.6) is 0 Å². The molecule has 6 heteroatoms. The van der Waals surface area contributed by atoms with Crippen LogP contribution in [0.2, 0.25) is 0 Å². The van der Waals surface area contributed by atoms with Crippen molar-refractivity contribution in [3.05, 3.63) is 23.0 Å². The number of amides is 1. The van der Waals surface area contributed by atoms with E-state index < -0.39 is 0 Å². The Morgan fingerprint density at radius 1 is 1.45 bits per heavy atom. The molecule has 3 rings (SSSR count). The lowest BCUT2D eigenvalue weighted by molar-refractivity contribution is 0.0712. The normalized spacial score (nSPS) is 19.5. The Morgan fingerprint density at radius 2 is 2.23 bits per heavy atom. The summed E-state index contributed by atoms with van der Waals surface area (Å²) in [6.45, 7) is 6.56. The average Bonchev–Trinajstić information content (AvgIpc) is 3.08. The van der Waals surface area contributed by atoms with E-state index in [2.05, 4.69) is 15.4 Å². The van der Waals surface area contributed by atoms with Crippen molar-refractivity contribution in [1.82, 2.24) is 20.1 Å². The molecule has 2 atom stereocenters. The first-order valence-electron chi connectivity index (χ1n) is 7.71. The molecule has 2 aromatic rings. The van der Waals surface area contributed by atoms with Gasteiger partial charge in [0.1, 0.15) is 0 Å². The van der Waals surface area contributed by atoms with E-state index in [0.29, 0.717) is 11.3 Å². The minimum Gasteiger partial charge on any atom is -0.376 e. The maximum Gasteiger partial charge on any atom is 0.253 e. The van der Waals surface area contributed by atoms with E-state index in [4.69, 9.17) is 4.74 Å². The van der Waals surface area contributed by atoms with E-state index in [-0.39, 0.29) is 18.1 Å². The Bertz CT molecular complexity index is 716. The predicted molar refractivity (Wildman–Crippen MR) is 83.9 cm³/mol. The summed E-state index contributed by atoms with van der Waals surface area (Å²) in [5.41, 5.74) is 3.01. The Morgan fingerprint density at radius 3 is 2.91 bits per heavy atom. The van der Waals surface area contributed by atoms with Gasteiger partial charge in [-0.3, -0.25) is 9.48 Å². The number of hydrogen-bond acceptors (Lipinski definition) is 4. The standard InChI is InChI=1S/C16H22N4O2/c1-9-13(8-12-10(2)19-20(4)15(12)17-9)16(21)18-11(3)14-6-5-7-22-14/h8,11,14H,5-7H2,1-4H3,(H,18,21)/t11-,14+/m0/s1. The van der Waals surface area contributed by atoms with Gasteiger partial charge in [0, 0.05) is 19.0 Å². The Labute approximate surface area is 129 Å². The fourth-order valence-electron chi connectivity index (χ4n) is 3.04. The number of fused-ring (bicyclic) bond motifs is 1. The fourth-order valence-corrected chi connectivity index (χ4v) is 3.04. The number of nitrogens with zero attached hydrogens (tertiary/aromatic N) is 3. The molecule has 22 heavy (non-hydrogen) atoms. The van der Waals surface area contributed by atoms with Gasteiger partial charge < -0.3 is 10.1 Å². The minimum atomic E-state index is -0.0989. The molecule has 2 aromatic heterocycles. The number of hydrogen-bond donors (Lipinski definition) is 1. The van der Waals surface area contributed by atoms with Crippen molar-refractivity contribution in [3.8, 4) is 0 Å². The summed E-state index contributed by atoms with van der Waals surface area (Å²) < 4.78 is 7.38. The van der Waals surface area contributed by atoms with Gasteiger partial charge in [0.05, 0.1) is 29.1 Å². The number of nitrogens with one attached hydrogen (secondary N) is 1. The molecular formula is C16H22N4O2. The molecular weight excluding hydrogens is 280 g/mol. The summed E-state index contributed by atoms with van der Waals surface area (Å²) in [5, 5.41) is 8.32. The molecule has 1 N–H and O–H groups in total. The zero-order valence-corrected chi connectivity index (χ0v) is 13.5. The number of aromatic nitrogens is 3. The van der Waals surface area contributed by atoms with Gasteiger partial charge in [-0.1, -0.05) is 0 Å². The van der Waals surface area contributed by atoms with Gasteiger partial charge >= 0.3 is 0 Å². The second kappa shape index (κ2) is 5.68. The summed E-state index contributed by atoms with van der Waals surface area (Å²) in [6, 6.07) is 1.89. The number of ether oxygens (including phenoxy) is 1. The number of carbonyl (C=O) groups excluding carboxylic acids is 1. The van der Waals surface area contributed by atoms with Crippen LogP contribution in [-0.4, -0.2) is 39.4 Å². The third-order valence-corrected chi connectivity index (χ3v) is 4.32. The molecule has 0 aliphatic carbocycles. The SMILES string of the molecule is Cc1nc2c(cc1C(=O)N[C@@H](C)[C@H]1CCCO1)c(C)nn2C. The summed E-state index contributed by atoms with van der Waals surface area (Å²) >= 11 is 0. The van der Waals surface area contributed by atoms with E-state index in [9.17, 15) is 4.79 Å². The van der Waals surface area contributed by atoms with Crippen LogP contribution in [0.15, 0.2) is 6.07 Å². The lowest BCUT2D eigenvalue weighted by atomic mass is 10.1. The monoisotopic (exact) mass is 302 g/mol. The fraction of sp³-hybridized carbons (Fsp3) is 0.562. The van der Waals surface area contributed by atoms with Gasteiger partial charge in [0.15, 0.2) is 5.65 Å². The highest BCUT2D eigenvalue weighted by atomic mass is 16.5. The zero-order chi connectivity index (χ0) is 15.9. The lowest BCUT2D eigenvalue weighted by Crippen LogP contribution is -2.41. The van der Waals surface area contributed by atoms with Crippen LogP contribution in [0.4, 0.5) is 0 Å². The van der Waals surface area contributed by atoms with Crippen molar-refractivity contribution in [2.45, 2.75) is 45.8 Å². The summed E-state index contributed by atoms with van der Waals surface area (Å²) in [7, 11) is 1.86. The molecule has 0 saturated carbocycles. The van der Waals surface area contributed by atoms with Gasteiger partial charge in [-0.15, -0.1) is 0 Å². The summed E-state index contributed by atoms with van der Waals surface area (Å²) in [4.78, 5) is 17.1. The van der Waals surface area contributed by atoms with Crippen molar-refractivity contribution < 1.29 is 9.53 Å². The number of carbonyl (C=O) groups is 1. The van der Waals surface area contributed by atoms with Gasteiger partial charge in [-0.05, 0) is 39.7 Å². The van der Waals surface area contributed by atoms with Crippen LogP contribution in [0.3, 0.4) is 0 Å². The third kappa shape index (κ3) is 2.59. The highest BCUT2D eigenvalue weighted by molar-refractivity contribution is 5.98. The van der Waals surface area contributed by atoms with Gasteiger partial charge in [-0.25, -0.2) is 4.98 Å². The van der Waals surface area contributed by atoms with Gasteiger partial charge in [0.2, 0.25) is 0 Å². The van der Waals surface area contributed by atoms with Crippen LogP contribution in [-0.2, 0) is 11.8 Å². The maximum atomic E-state index is 12.6. The van der Waals surface area contributed by atoms with E-state index in [0.717, 1.165) is 36.2 Å². The van der Waals surface area contributed by atoms with E-state index in [1.54, 1.807) is 4.68 Å². The highest BCUT2D eigenvalue weighted by Gasteiger charge is 2.25. The molecule has 0 aromatic carbocycles. The van der Waals surface area contributed by atoms with Crippen molar-refractivity contribution in [1.29, 1.82) is 0 Å². The van der Waals surface area contributed by atoms with Gasteiger partial charge in [0.25, 0.3) is 5.91 Å².